The number of nitrogens with one attached hydrogen (secondary N) is 1. The van der Waals surface area contributed by atoms with Gasteiger partial charge in [-0.1, -0.05) is 0 Å². The molecule has 24 heavy (non-hydrogen) atoms. The smallest absolute Gasteiger partial charge is 0.257 e. The second-order valence-electron chi connectivity index (χ2n) is 6.53. The first-order chi connectivity index (χ1) is 11.6. The van der Waals surface area contributed by atoms with Crippen LogP contribution in [0.4, 0.5) is 0 Å². The number of amides is 2. The molecule has 128 valence electrons. The first-order valence-corrected chi connectivity index (χ1v) is 8.38. The van der Waals surface area contributed by atoms with Gasteiger partial charge in [-0.25, -0.2) is 0 Å². The molecule has 7 nitrogen and oxygen atoms in total. The van der Waals surface area contributed by atoms with E-state index in [1.54, 1.807) is 11.0 Å². The van der Waals surface area contributed by atoms with Gasteiger partial charge in [-0.2, -0.15) is 5.26 Å². The van der Waals surface area contributed by atoms with Crippen molar-refractivity contribution in [1.82, 2.24) is 15.1 Å². The molecule has 1 aromatic rings. The number of hydrogen-bond donors (Lipinski definition) is 1. The van der Waals surface area contributed by atoms with Crippen LogP contribution in [0.1, 0.15) is 36.0 Å². The van der Waals surface area contributed by atoms with E-state index in [1.807, 2.05) is 4.90 Å². The molecular weight excluding hydrogens is 308 g/mol. The molecule has 2 heterocycles. The maximum atomic E-state index is 12.2. The molecule has 2 amide bonds. The molecule has 1 saturated heterocycles. The van der Waals surface area contributed by atoms with Gasteiger partial charge < -0.3 is 14.6 Å². The van der Waals surface area contributed by atoms with Crippen LogP contribution >= 0.6 is 0 Å². The van der Waals surface area contributed by atoms with Crippen molar-refractivity contribution in [1.29, 1.82) is 5.26 Å². The minimum atomic E-state index is -0.670. The van der Waals surface area contributed by atoms with E-state index in [0.29, 0.717) is 31.7 Å². The Balaban J connectivity index is 1.46. The highest BCUT2D eigenvalue weighted by molar-refractivity contribution is 5.93. The van der Waals surface area contributed by atoms with E-state index >= 15 is 0 Å². The van der Waals surface area contributed by atoms with Crippen LogP contribution < -0.4 is 5.32 Å². The molecule has 0 unspecified atom stereocenters. The van der Waals surface area contributed by atoms with Crippen LogP contribution in [0.25, 0.3) is 0 Å². The van der Waals surface area contributed by atoms with Crippen LogP contribution in [0.5, 0.6) is 0 Å². The van der Waals surface area contributed by atoms with E-state index in [-0.39, 0.29) is 18.4 Å². The largest absolute Gasteiger partial charge is 0.472 e. The summed E-state index contributed by atoms with van der Waals surface area (Å²) in [5, 5.41) is 12.2. The summed E-state index contributed by atoms with van der Waals surface area (Å²) in [5.41, 5.74) is -0.116. The minimum Gasteiger partial charge on any atom is -0.472 e. The number of carbonyl (C=O) groups is 2. The number of rotatable bonds is 4. The summed E-state index contributed by atoms with van der Waals surface area (Å²) in [7, 11) is 0. The fraction of sp³-hybridized carbons (Fsp3) is 0.588. The fourth-order valence-electron chi connectivity index (χ4n) is 3.43. The number of furan rings is 1. The topological polar surface area (TPSA) is 89.6 Å². The SMILES string of the molecule is N#CC1(NC(=O)CN2CCN(C(=O)c3ccoc3)CC2)CCCC1. The molecule has 0 atom stereocenters. The van der Waals surface area contributed by atoms with Gasteiger partial charge in [0, 0.05) is 26.2 Å². The second kappa shape index (κ2) is 7.05. The van der Waals surface area contributed by atoms with Crippen molar-refractivity contribution in [2.45, 2.75) is 31.2 Å². The molecule has 0 bridgehead atoms. The number of nitriles is 1. The van der Waals surface area contributed by atoms with E-state index in [4.69, 9.17) is 4.42 Å². The number of hydrogen-bond acceptors (Lipinski definition) is 5. The summed E-state index contributed by atoms with van der Waals surface area (Å²) >= 11 is 0. The Hall–Kier alpha value is -2.33. The lowest BCUT2D eigenvalue weighted by Gasteiger charge is -2.34. The maximum absolute atomic E-state index is 12.2. The van der Waals surface area contributed by atoms with Crippen molar-refractivity contribution in [3.8, 4) is 6.07 Å². The predicted octanol–water partition coefficient (Wildman–Crippen LogP) is 0.990. The third-order valence-corrected chi connectivity index (χ3v) is 4.84. The normalized spacial score (nSPS) is 20.5. The van der Waals surface area contributed by atoms with Gasteiger partial charge in [-0.3, -0.25) is 14.5 Å². The first kappa shape index (κ1) is 16.5. The molecule has 0 aromatic carbocycles. The molecule has 1 aromatic heterocycles. The highest BCUT2D eigenvalue weighted by Gasteiger charge is 2.35. The summed E-state index contributed by atoms with van der Waals surface area (Å²) in [6.45, 7) is 2.74. The molecule has 3 rings (SSSR count). The Bertz CT molecular complexity index is 621. The zero-order valence-electron chi connectivity index (χ0n) is 13.7. The molecule has 7 heteroatoms. The van der Waals surface area contributed by atoms with E-state index in [9.17, 15) is 14.9 Å². The molecule has 1 N–H and O–H groups in total. The van der Waals surface area contributed by atoms with Crippen molar-refractivity contribution in [3.63, 3.8) is 0 Å². The van der Waals surface area contributed by atoms with Crippen LogP contribution in [0.2, 0.25) is 0 Å². The van der Waals surface area contributed by atoms with E-state index < -0.39 is 5.54 Å². The van der Waals surface area contributed by atoms with Gasteiger partial charge in [0.1, 0.15) is 11.8 Å². The average Bonchev–Trinajstić information content (AvgIpc) is 3.27. The summed E-state index contributed by atoms with van der Waals surface area (Å²) in [5.74, 6) is -0.143. The summed E-state index contributed by atoms with van der Waals surface area (Å²) in [6, 6.07) is 3.93. The first-order valence-electron chi connectivity index (χ1n) is 8.38. The van der Waals surface area contributed by atoms with Gasteiger partial charge >= 0.3 is 0 Å². The molecular formula is C17H22N4O3. The Morgan fingerprint density at radius 3 is 2.54 bits per heavy atom. The lowest BCUT2D eigenvalue weighted by Crippen LogP contribution is -2.53. The van der Waals surface area contributed by atoms with Crippen LogP contribution in [-0.2, 0) is 4.79 Å². The number of carbonyl (C=O) groups excluding carboxylic acids is 2. The Morgan fingerprint density at radius 1 is 1.25 bits per heavy atom. The van der Waals surface area contributed by atoms with Crippen molar-refractivity contribution in [3.05, 3.63) is 24.2 Å². The van der Waals surface area contributed by atoms with Crippen LogP contribution in [-0.4, -0.2) is 59.9 Å². The zero-order valence-corrected chi connectivity index (χ0v) is 13.7. The average molecular weight is 330 g/mol. The van der Waals surface area contributed by atoms with E-state index in [1.165, 1.54) is 12.5 Å². The lowest BCUT2D eigenvalue weighted by atomic mass is 10.00. The zero-order chi connectivity index (χ0) is 17.0. The molecule has 0 spiro atoms. The second-order valence-corrected chi connectivity index (χ2v) is 6.53. The molecule has 1 aliphatic carbocycles. The number of nitrogens with zero attached hydrogens (tertiary/aromatic N) is 3. The summed E-state index contributed by atoms with van der Waals surface area (Å²) in [4.78, 5) is 28.3. The Kier molecular flexibility index (Phi) is 4.86. The van der Waals surface area contributed by atoms with Gasteiger partial charge in [0.15, 0.2) is 0 Å². The molecule has 1 aliphatic heterocycles. The monoisotopic (exact) mass is 330 g/mol. The van der Waals surface area contributed by atoms with Crippen LogP contribution in [0.15, 0.2) is 23.0 Å². The van der Waals surface area contributed by atoms with Gasteiger partial charge in [-0.05, 0) is 31.7 Å². The molecule has 0 radical (unpaired) electrons. The minimum absolute atomic E-state index is 0.0396. The van der Waals surface area contributed by atoms with Gasteiger partial charge in [0.05, 0.1) is 24.4 Å². The van der Waals surface area contributed by atoms with Crippen molar-refractivity contribution >= 4 is 11.8 Å². The Labute approximate surface area is 141 Å². The van der Waals surface area contributed by atoms with Crippen molar-refractivity contribution in [2.24, 2.45) is 0 Å². The van der Waals surface area contributed by atoms with Crippen molar-refractivity contribution < 1.29 is 14.0 Å². The van der Waals surface area contributed by atoms with Crippen LogP contribution in [0, 0.1) is 11.3 Å². The predicted molar refractivity (Wildman–Crippen MR) is 86.0 cm³/mol. The standard InChI is InChI=1S/C17H22N4O3/c18-13-17(4-1-2-5-17)19-15(22)11-20-6-8-21(9-7-20)16(23)14-3-10-24-12-14/h3,10,12H,1-2,4-9,11H2,(H,19,22). The third-order valence-electron chi connectivity index (χ3n) is 4.84. The quantitative estimate of drug-likeness (QED) is 0.889. The summed E-state index contributed by atoms with van der Waals surface area (Å²) < 4.78 is 4.95. The number of piperazine rings is 1. The van der Waals surface area contributed by atoms with Gasteiger partial charge in [0.25, 0.3) is 5.91 Å². The lowest BCUT2D eigenvalue weighted by molar-refractivity contribution is -0.123. The molecule has 1 saturated carbocycles. The third kappa shape index (κ3) is 3.60. The van der Waals surface area contributed by atoms with Gasteiger partial charge in [0.2, 0.25) is 5.91 Å². The highest BCUT2D eigenvalue weighted by Crippen LogP contribution is 2.28. The van der Waals surface area contributed by atoms with E-state index in [2.05, 4.69) is 11.4 Å². The fourth-order valence-corrected chi connectivity index (χ4v) is 3.43. The maximum Gasteiger partial charge on any atom is 0.257 e. The molecule has 2 aliphatic rings. The van der Waals surface area contributed by atoms with Crippen molar-refractivity contribution in [2.75, 3.05) is 32.7 Å². The van der Waals surface area contributed by atoms with Crippen LogP contribution in [0.3, 0.4) is 0 Å². The van der Waals surface area contributed by atoms with E-state index in [0.717, 1.165) is 25.7 Å². The van der Waals surface area contributed by atoms with Gasteiger partial charge in [-0.15, -0.1) is 0 Å². The highest BCUT2D eigenvalue weighted by atomic mass is 16.3. The molecule has 2 fully saturated rings. The Morgan fingerprint density at radius 2 is 1.96 bits per heavy atom. The summed E-state index contributed by atoms with van der Waals surface area (Å²) in [6.07, 6.45) is 6.39.